The highest BCUT2D eigenvalue weighted by molar-refractivity contribution is 6.21. The number of esters is 1. The Hall–Kier alpha value is -3.87. The van der Waals surface area contributed by atoms with Crippen LogP contribution in [-0.2, 0) is 4.74 Å². The molecule has 1 atom stereocenters. The lowest BCUT2D eigenvalue weighted by Gasteiger charge is -2.14. The summed E-state index contributed by atoms with van der Waals surface area (Å²) in [6.07, 6.45) is 4.94. The normalized spacial score (nSPS) is 14.5. The van der Waals surface area contributed by atoms with Gasteiger partial charge in [0.15, 0.2) is 22.9 Å². The number of furan rings is 1. The molecule has 3 heterocycles. The van der Waals surface area contributed by atoms with Crippen molar-refractivity contribution in [2.75, 3.05) is 11.9 Å². The molecule has 3 aromatic rings. The third-order valence-electron chi connectivity index (χ3n) is 4.75. The first kappa shape index (κ1) is 19.4. The average molecular weight is 403 g/mol. The fourth-order valence-electron chi connectivity index (χ4n) is 3.24. The van der Waals surface area contributed by atoms with E-state index >= 15 is 0 Å². The van der Waals surface area contributed by atoms with Crippen molar-refractivity contribution in [2.24, 2.45) is 4.99 Å². The van der Waals surface area contributed by atoms with Crippen molar-refractivity contribution in [1.82, 2.24) is 4.98 Å². The van der Waals surface area contributed by atoms with Crippen LogP contribution in [0.5, 0.6) is 5.75 Å². The van der Waals surface area contributed by atoms with Gasteiger partial charge in [0, 0.05) is 23.5 Å². The Morgan fingerprint density at radius 1 is 1.27 bits per heavy atom. The van der Waals surface area contributed by atoms with Gasteiger partial charge in [-0.05, 0) is 37.6 Å². The van der Waals surface area contributed by atoms with Crippen molar-refractivity contribution in [3.8, 4) is 5.75 Å². The molecular weight excluding hydrogens is 382 g/mol. The summed E-state index contributed by atoms with van der Waals surface area (Å²) in [7, 11) is 0. The summed E-state index contributed by atoms with van der Waals surface area (Å²) in [6, 6.07) is 13.2. The highest BCUT2D eigenvalue weighted by atomic mass is 16.5. The third-order valence-corrected chi connectivity index (χ3v) is 4.75. The highest BCUT2D eigenvalue weighted by Gasteiger charge is 2.28. The number of hydrogen-bond acceptors (Lipinski definition) is 7. The van der Waals surface area contributed by atoms with E-state index in [4.69, 9.17) is 9.15 Å². The molecule has 0 saturated heterocycles. The van der Waals surface area contributed by atoms with Gasteiger partial charge in [-0.15, -0.1) is 0 Å². The van der Waals surface area contributed by atoms with Crippen LogP contribution >= 0.6 is 0 Å². The zero-order valence-corrected chi connectivity index (χ0v) is 16.6. The fourth-order valence-corrected chi connectivity index (χ4v) is 3.24. The lowest BCUT2D eigenvalue weighted by atomic mass is 10.1. The first-order valence-electron chi connectivity index (χ1n) is 9.64. The van der Waals surface area contributed by atoms with Crippen LogP contribution in [-0.4, -0.2) is 28.9 Å². The van der Waals surface area contributed by atoms with Crippen molar-refractivity contribution in [3.05, 3.63) is 71.1 Å². The zero-order chi connectivity index (χ0) is 21.1. The van der Waals surface area contributed by atoms with Gasteiger partial charge in [-0.2, -0.15) is 0 Å². The summed E-state index contributed by atoms with van der Waals surface area (Å²) in [5, 5.41) is 13.9. The van der Waals surface area contributed by atoms with Crippen LogP contribution in [0.25, 0.3) is 11.6 Å². The molecule has 7 nitrogen and oxygen atoms in total. The Morgan fingerprint density at radius 2 is 2.07 bits per heavy atom. The standard InChI is InChI=1S/C23H21N3O4/c1-3-29-23(28)19-20(27)18(12-16-13-25-21-17(16)10-7-11-24-21)30-22(19)26-14(2)15-8-5-4-6-9-15/h4-14,26-27H,3H2,1-2H3. The number of pyridine rings is 1. The summed E-state index contributed by atoms with van der Waals surface area (Å²) in [5.74, 6) is -0.0614. The maximum atomic E-state index is 12.5. The Morgan fingerprint density at radius 3 is 2.83 bits per heavy atom. The van der Waals surface area contributed by atoms with Gasteiger partial charge in [0.05, 0.1) is 12.6 Å². The first-order chi connectivity index (χ1) is 14.6. The van der Waals surface area contributed by atoms with Gasteiger partial charge in [-0.3, -0.25) is 0 Å². The van der Waals surface area contributed by atoms with E-state index in [0.29, 0.717) is 5.82 Å². The van der Waals surface area contributed by atoms with Crippen LogP contribution in [0.4, 0.5) is 11.7 Å². The van der Waals surface area contributed by atoms with E-state index in [1.54, 1.807) is 25.4 Å². The molecule has 2 N–H and O–H groups in total. The summed E-state index contributed by atoms with van der Waals surface area (Å²) >= 11 is 0. The van der Waals surface area contributed by atoms with E-state index in [0.717, 1.165) is 16.7 Å². The second-order valence-corrected chi connectivity index (χ2v) is 6.75. The number of allylic oxidation sites excluding steroid dienone is 1. The van der Waals surface area contributed by atoms with Crippen molar-refractivity contribution >= 4 is 35.5 Å². The van der Waals surface area contributed by atoms with E-state index < -0.39 is 5.97 Å². The summed E-state index contributed by atoms with van der Waals surface area (Å²) in [4.78, 5) is 21.0. The molecule has 0 radical (unpaired) electrons. The molecule has 4 rings (SSSR count). The van der Waals surface area contributed by atoms with E-state index in [1.165, 1.54) is 0 Å². The number of aromatic nitrogens is 1. The van der Waals surface area contributed by atoms with Crippen LogP contribution in [0.2, 0.25) is 0 Å². The minimum absolute atomic E-state index is 0.0344. The molecule has 1 aliphatic rings. The van der Waals surface area contributed by atoms with Gasteiger partial charge < -0.3 is 19.6 Å². The molecule has 0 fully saturated rings. The third kappa shape index (κ3) is 3.69. The smallest absolute Gasteiger partial charge is 0.347 e. The number of fused-ring (bicyclic) bond motifs is 1. The largest absolute Gasteiger partial charge is 0.504 e. The number of aromatic hydroxyl groups is 1. The number of carbonyl (C=O) groups excluding carboxylic acids is 1. The predicted molar refractivity (Wildman–Crippen MR) is 115 cm³/mol. The Kier molecular flexibility index (Phi) is 5.34. The zero-order valence-electron chi connectivity index (χ0n) is 16.6. The van der Waals surface area contributed by atoms with Gasteiger partial charge in [0.1, 0.15) is 0 Å². The van der Waals surface area contributed by atoms with E-state index in [9.17, 15) is 9.90 Å². The van der Waals surface area contributed by atoms with E-state index in [-0.39, 0.29) is 35.6 Å². The Balaban J connectivity index is 1.72. The molecule has 0 amide bonds. The van der Waals surface area contributed by atoms with Gasteiger partial charge in [0.25, 0.3) is 0 Å². The van der Waals surface area contributed by atoms with Crippen molar-refractivity contribution in [1.29, 1.82) is 0 Å². The molecular formula is C23H21N3O4. The van der Waals surface area contributed by atoms with E-state index in [1.807, 2.05) is 49.4 Å². The number of ether oxygens (including phenoxy) is 1. The lowest BCUT2D eigenvalue weighted by Crippen LogP contribution is -2.11. The number of carbonyl (C=O) groups is 1. The van der Waals surface area contributed by atoms with Crippen LogP contribution in [0.1, 0.15) is 47.1 Å². The molecule has 30 heavy (non-hydrogen) atoms. The first-order valence-corrected chi connectivity index (χ1v) is 9.64. The van der Waals surface area contributed by atoms with Crippen molar-refractivity contribution in [2.45, 2.75) is 19.9 Å². The van der Waals surface area contributed by atoms with E-state index in [2.05, 4.69) is 15.3 Å². The number of hydrogen-bond donors (Lipinski definition) is 2. The molecule has 0 saturated carbocycles. The minimum Gasteiger partial charge on any atom is -0.504 e. The number of benzene rings is 1. The molecule has 1 aliphatic heterocycles. The molecule has 1 aromatic carbocycles. The molecule has 152 valence electrons. The second-order valence-electron chi connectivity index (χ2n) is 6.75. The Bertz CT molecular complexity index is 1130. The molecule has 7 heteroatoms. The molecule has 0 aliphatic carbocycles. The predicted octanol–water partition coefficient (Wildman–Crippen LogP) is 4.99. The molecule has 1 unspecified atom stereocenters. The highest BCUT2D eigenvalue weighted by Crippen LogP contribution is 2.39. The minimum atomic E-state index is -0.659. The van der Waals surface area contributed by atoms with Gasteiger partial charge in [-0.25, -0.2) is 14.8 Å². The lowest BCUT2D eigenvalue weighted by molar-refractivity contribution is 0.0524. The fraction of sp³-hybridized carbons (Fsp3) is 0.174. The maximum Gasteiger partial charge on any atom is 0.347 e. The second kappa shape index (κ2) is 8.24. The van der Waals surface area contributed by atoms with Crippen molar-refractivity contribution in [3.63, 3.8) is 0 Å². The monoisotopic (exact) mass is 403 g/mol. The summed E-state index contributed by atoms with van der Waals surface area (Å²) in [6.45, 7) is 3.82. The number of rotatable bonds is 6. The summed E-state index contributed by atoms with van der Waals surface area (Å²) in [5.41, 5.74) is 2.51. The molecule has 0 spiro atoms. The SMILES string of the molecule is CCOC(=O)c1c(NC(C)c2ccccc2)oc(C=C2C=Nc3ncccc32)c1O. The molecule has 2 aromatic heterocycles. The topological polar surface area (TPSA) is 97.0 Å². The van der Waals surface area contributed by atoms with Gasteiger partial charge >= 0.3 is 5.97 Å². The number of anilines is 1. The average Bonchev–Trinajstić information content (AvgIpc) is 3.30. The van der Waals surface area contributed by atoms with Crippen LogP contribution in [0, 0.1) is 0 Å². The number of nitrogens with one attached hydrogen (secondary N) is 1. The maximum absolute atomic E-state index is 12.5. The quantitative estimate of drug-likeness (QED) is 0.563. The van der Waals surface area contributed by atoms with Gasteiger partial charge in [0.2, 0.25) is 5.88 Å². The van der Waals surface area contributed by atoms with Crippen LogP contribution < -0.4 is 5.32 Å². The number of nitrogens with zero attached hydrogens (tertiary/aromatic N) is 2. The molecule has 0 bridgehead atoms. The van der Waals surface area contributed by atoms with Crippen LogP contribution in [0.3, 0.4) is 0 Å². The summed E-state index contributed by atoms with van der Waals surface area (Å²) < 4.78 is 11.0. The van der Waals surface area contributed by atoms with Crippen LogP contribution in [0.15, 0.2) is 58.1 Å². The van der Waals surface area contributed by atoms with Crippen molar-refractivity contribution < 1.29 is 19.1 Å². The Labute approximate surface area is 173 Å². The van der Waals surface area contributed by atoms with Gasteiger partial charge in [-0.1, -0.05) is 30.3 Å². The number of aliphatic imine (C=N–C) groups is 1.